The van der Waals surface area contributed by atoms with E-state index in [0.29, 0.717) is 17.4 Å². The number of hydrogen-bond donors (Lipinski definition) is 1. The van der Waals surface area contributed by atoms with E-state index in [1.54, 1.807) is 17.0 Å². The van der Waals surface area contributed by atoms with Gasteiger partial charge in [-0.1, -0.05) is 0 Å². The van der Waals surface area contributed by atoms with E-state index < -0.39 is 0 Å². The van der Waals surface area contributed by atoms with Crippen LogP contribution in [0.2, 0.25) is 0 Å². The van der Waals surface area contributed by atoms with Gasteiger partial charge in [-0.25, -0.2) is 0 Å². The minimum Gasteiger partial charge on any atom is -0.328 e. The van der Waals surface area contributed by atoms with Gasteiger partial charge in [0.1, 0.15) is 5.70 Å². The maximum Gasteiger partial charge on any atom is 0.276 e. The van der Waals surface area contributed by atoms with Crippen molar-refractivity contribution in [2.45, 2.75) is 33.5 Å². The average Bonchev–Trinajstić information content (AvgIpc) is 3.24. The maximum absolute atomic E-state index is 12.5. The van der Waals surface area contributed by atoms with Gasteiger partial charge in [-0.15, -0.1) is 0 Å². The Morgan fingerprint density at radius 2 is 2.09 bits per heavy atom. The van der Waals surface area contributed by atoms with Crippen molar-refractivity contribution in [1.82, 2.24) is 29.8 Å². The van der Waals surface area contributed by atoms with Crippen LogP contribution in [0.4, 0.5) is 0 Å². The average molecular weight is 330 g/mol. The van der Waals surface area contributed by atoms with Gasteiger partial charge in [-0.3, -0.25) is 19.1 Å². The molecule has 1 aliphatic rings. The van der Waals surface area contributed by atoms with Crippen LogP contribution in [0.25, 0.3) is 6.08 Å². The highest BCUT2D eigenvalue weighted by atomic mass is 32.1. The molecule has 7 nitrogen and oxygen atoms in total. The second-order valence-electron chi connectivity index (χ2n) is 5.18. The van der Waals surface area contributed by atoms with E-state index in [0.717, 1.165) is 24.3 Å². The summed E-state index contributed by atoms with van der Waals surface area (Å²) in [5.41, 5.74) is 2.12. The highest BCUT2D eigenvalue weighted by molar-refractivity contribution is 7.80. The second kappa shape index (κ2) is 6.33. The molecule has 3 heterocycles. The molecule has 0 unspecified atom stereocenters. The lowest BCUT2D eigenvalue weighted by atomic mass is 10.3. The fourth-order valence-electron chi connectivity index (χ4n) is 2.34. The van der Waals surface area contributed by atoms with Crippen molar-refractivity contribution in [2.24, 2.45) is 0 Å². The lowest BCUT2D eigenvalue weighted by Gasteiger charge is -2.12. The monoisotopic (exact) mass is 330 g/mol. The van der Waals surface area contributed by atoms with Crippen molar-refractivity contribution in [3.05, 3.63) is 41.6 Å². The zero-order valence-electron chi connectivity index (χ0n) is 13.1. The molecule has 0 radical (unpaired) electrons. The van der Waals surface area contributed by atoms with Crippen LogP contribution in [0.15, 0.2) is 30.4 Å². The van der Waals surface area contributed by atoms with E-state index in [-0.39, 0.29) is 5.91 Å². The summed E-state index contributed by atoms with van der Waals surface area (Å²) in [5.74, 6) is -0.148. The fraction of sp³-hybridized carbons (Fsp3) is 0.333. The Kier molecular flexibility index (Phi) is 4.24. The first-order valence-corrected chi connectivity index (χ1v) is 7.91. The van der Waals surface area contributed by atoms with E-state index >= 15 is 0 Å². The highest BCUT2D eigenvalue weighted by Gasteiger charge is 2.31. The number of carbonyl (C=O) groups is 1. The Bertz CT molecular complexity index is 775. The van der Waals surface area contributed by atoms with Gasteiger partial charge < -0.3 is 5.32 Å². The third-order valence-electron chi connectivity index (χ3n) is 3.59. The Balaban J connectivity index is 1.76. The molecule has 0 saturated carbocycles. The van der Waals surface area contributed by atoms with Crippen LogP contribution in [0, 0.1) is 0 Å². The van der Waals surface area contributed by atoms with Crippen molar-refractivity contribution in [1.29, 1.82) is 0 Å². The Morgan fingerprint density at radius 3 is 2.74 bits per heavy atom. The molecule has 2 aromatic heterocycles. The summed E-state index contributed by atoms with van der Waals surface area (Å²) in [5, 5.41) is 11.9. The molecule has 1 aliphatic heterocycles. The predicted molar refractivity (Wildman–Crippen MR) is 90.1 cm³/mol. The van der Waals surface area contributed by atoms with Crippen molar-refractivity contribution in [3.63, 3.8) is 0 Å². The number of hydrogen-bond acceptors (Lipinski definition) is 4. The van der Waals surface area contributed by atoms with Gasteiger partial charge in [0.25, 0.3) is 5.91 Å². The lowest BCUT2D eigenvalue weighted by molar-refractivity contribution is -0.122. The topological polar surface area (TPSA) is 68.0 Å². The van der Waals surface area contributed by atoms with Crippen LogP contribution in [0.3, 0.4) is 0 Å². The van der Waals surface area contributed by atoms with Gasteiger partial charge >= 0.3 is 0 Å². The van der Waals surface area contributed by atoms with Gasteiger partial charge in [0.2, 0.25) is 0 Å². The molecule has 0 aliphatic carbocycles. The Labute approximate surface area is 139 Å². The zero-order valence-corrected chi connectivity index (χ0v) is 13.9. The predicted octanol–water partition coefficient (Wildman–Crippen LogP) is 1.38. The van der Waals surface area contributed by atoms with Gasteiger partial charge in [0.15, 0.2) is 5.11 Å². The lowest BCUT2D eigenvalue weighted by Crippen LogP contribution is -2.29. The second-order valence-corrected chi connectivity index (χ2v) is 5.57. The molecule has 0 aromatic carbocycles. The van der Waals surface area contributed by atoms with E-state index in [9.17, 15) is 4.79 Å². The van der Waals surface area contributed by atoms with E-state index in [1.807, 2.05) is 37.0 Å². The molecule has 120 valence electrons. The summed E-state index contributed by atoms with van der Waals surface area (Å²) in [7, 11) is 0. The minimum atomic E-state index is -0.148. The molecule has 0 spiro atoms. The SMILES string of the molecule is CCn1cc(CN2C(=O)/C(=C\c3ccn(CC)n3)NC2=S)cn1. The third-order valence-corrected chi connectivity index (χ3v) is 3.91. The quantitative estimate of drug-likeness (QED) is 0.662. The molecule has 0 atom stereocenters. The molecule has 1 N–H and O–H groups in total. The standard InChI is InChI=1S/C15H18N6OS/c1-3-19-6-5-12(18-19)7-13-14(22)21(15(23)17-13)10-11-8-16-20(4-2)9-11/h5-9H,3-4,10H2,1-2H3,(H,17,23)/b13-7+. The fourth-order valence-corrected chi connectivity index (χ4v) is 2.59. The van der Waals surface area contributed by atoms with E-state index in [2.05, 4.69) is 15.5 Å². The van der Waals surface area contributed by atoms with Gasteiger partial charge in [0, 0.05) is 31.0 Å². The number of aromatic nitrogens is 4. The van der Waals surface area contributed by atoms with Gasteiger partial charge in [-0.2, -0.15) is 10.2 Å². The van der Waals surface area contributed by atoms with Crippen LogP contribution in [0.5, 0.6) is 0 Å². The molecular formula is C15H18N6OS. The largest absolute Gasteiger partial charge is 0.328 e. The first-order valence-electron chi connectivity index (χ1n) is 7.50. The molecule has 8 heteroatoms. The molecule has 23 heavy (non-hydrogen) atoms. The van der Waals surface area contributed by atoms with Crippen LogP contribution in [0.1, 0.15) is 25.1 Å². The zero-order chi connectivity index (χ0) is 16.4. The minimum absolute atomic E-state index is 0.148. The summed E-state index contributed by atoms with van der Waals surface area (Å²) < 4.78 is 3.63. The summed E-state index contributed by atoms with van der Waals surface area (Å²) in [6.45, 7) is 6.01. The number of nitrogens with one attached hydrogen (secondary N) is 1. The first kappa shape index (κ1) is 15.4. The maximum atomic E-state index is 12.5. The Hall–Kier alpha value is -2.48. The first-order chi connectivity index (χ1) is 11.1. The van der Waals surface area contributed by atoms with Crippen LogP contribution in [-0.4, -0.2) is 35.5 Å². The molecule has 1 fully saturated rings. The van der Waals surface area contributed by atoms with Crippen LogP contribution < -0.4 is 5.32 Å². The smallest absolute Gasteiger partial charge is 0.276 e. The van der Waals surface area contributed by atoms with E-state index in [1.165, 1.54) is 4.90 Å². The Morgan fingerprint density at radius 1 is 1.30 bits per heavy atom. The summed E-state index contributed by atoms with van der Waals surface area (Å²) in [4.78, 5) is 14.1. The van der Waals surface area contributed by atoms with Crippen LogP contribution >= 0.6 is 12.2 Å². The summed E-state index contributed by atoms with van der Waals surface area (Å²) >= 11 is 5.27. The third kappa shape index (κ3) is 3.16. The normalized spacial score (nSPS) is 16.4. The number of carbonyl (C=O) groups excluding carboxylic acids is 1. The molecular weight excluding hydrogens is 312 g/mol. The number of aryl methyl sites for hydroxylation is 2. The molecule has 2 aromatic rings. The summed E-state index contributed by atoms with van der Waals surface area (Å²) in [6.07, 6.45) is 7.27. The van der Waals surface area contributed by atoms with Crippen molar-refractivity contribution >= 4 is 29.3 Å². The molecule has 1 saturated heterocycles. The molecule has 3 rings (SSSR count). The number of nitrogens with zero attached hydrogens (tertiary/aromatic N) is 5. The molecule has 1 amide bonds. The van der Waals surface area contributed by atoms with Crippen molar-refractivity contribution in [2.75, 3.05) is 0 Å². The van der Waals surface area contributed by atoms with Crippen molar-refractivity contribution in [3.8, 4) is 0 Å². The van der Waals surface area contributed by atoms with Crippen molar-refractivity contribution < 1.29 is 4.79 Å². The number of amides is 1. The number of rotatable bonds is 5. The number of thiocarbonyl (C=S) groups is 1. The van der Waals surface area contributed by atoms with Gasteiger partial charge in [-0.05, 0) is 38.2 Å². The van der Waals surface area contributed by atoms with Crippen LogP contribution in [-0.2, 0) is 24.4 Å². The van der Waals surface area contributed by atoms with Gasteiger partial charge in [0.05, 0.1) is 18.4 Å². The van der Waals surface area contributed by atoms with E-state index in [4.69, 9.17) is 12.2 Å². The molecule has 0 bridgehead atoms. The summed E-state index contributed by atoms with van der Waals surface area (Å²) in [6, 6.07) is 1.86. The highest BCUT2D eigenvalue weighted by Crippen LogP contribution is 2.16.